The maximum Gasteiger partial charge on any atom is 0.305 e. The minimum atomic E-state index is -0.0969. The normalized spacial score (nSPS) is 20.7. The Morgan fingerprint density at radius 2 is 2.04 bits per heavy atom. The highest BCUT2D eigenvalue weighted by atomic mass is 16.6. The molecule has 3 rings (SSSR count). The van der Waals surface area contributed by atoms with Gasteiger partial charge in [0.15, 0.2) is 11.5 Å². The molecule has 1 atom stereocenters. The van der Waals surface area contributed by atoms with Gasteiger partial charge in [-0.05, 0) is 58.0 Å². The van der Waals surface area contributed by atoms with E-state index in [-0.39, 0.29) is 12.1 Å². The summed E-state index contributed by atoms with van der Waals surface area (Å²) in [5.41, 5.74) is 0. The van der Waals surface area contributed by atoms with Gasteiger partial charge < -0.3 is 19.5 Å². The second-order valence-corrected chi connectivity index (χ2v) is 6.94. The molecule has 0 aromatic heterocycles. The van der Waals surface area contributed by atoms with Gasteiger partial charge in [0, 0.05) is 19.0 Å². The van der Waals surface area contributed by atoms with Crippen molar-refractivity contribution in [2.24, 2.45) is 0 Å². The Kier molecular flexibility index (Phi) is 7.14. The van der Waals surface area contributed by atoms with Crippen LogP contribution in [0.25, 0.3) is 0 Å². The van der Waals surface area contributed by atoms with E-state index in [0.717, 1.165) is 56.9 Å². The van der Waals surface area contributed by atoms with Crippen molar-refractivity contribution in [3.8, 4) is 11.5 Å². The molecule has 2 aliphatic rings. The number of ether oxygens (including phenoxy) is 3. The Balaban J connectivity index is 1.30. The largest absolute Gasteiger partial charge is 0.486 e. The predicted molar refractivity (Wildman–Crippen MR) is 99.7 cm³/mol. The second kappa shape index (κ2) is 9.78. The summed E-state index contributed by atoms with van der Waals surface area (Å²) in [6.07, 6.45) is 3.69. The van der Waals surface area contributed by atoms with Crippen molar-refractivity contribution in [1.82, 2.24) is 10.2 Å². The summed E-state index contributed by atoms with van der Waals surface area (Å²) in [5.74, 6) is 1.59. The molecule has 0 amide bonds. The summed E-state index contributed by atoms with van der Waals surface area (Å²) >= 11 is 0. The summed E-state index contributed by atoms with van der Waals surface area (Å²) in [4.78, 5) is 13.8. The standard InChI is InChI=1S/C20H30N2O4/c1-2-24-20(23)8-5-11-21-16-9-12-22(13-10-16)14-17-15-25-18-6-3-4-7-19(18)26-17/h3-4,6-7,16-17,21H,2,5,8-15H2,1H3. The maximum atomic E-state index is 11.3. The van der Waals surface area contributed by atoms with Gasteiger partial charge in [-0.2, -0.15) is 0 Å². The van der Waals surface area contributed by atoms with Crippen LogP contribution in [0.3, 0.4) is 0 Å². The number of nitrogens with one attached hydrogen (secondary N) is 1. The summed E-state index contributed by atoms with van der Waals surface area (Å²) in [5, 5.41) is 3.57. The first kappa shape index (κ1) is 19.0. The highest BCUT2D eigenvalue weighted by Crippen LogP contribution is 2.31. The molecule has 1 N–H and O–H groups in total. The maximum absolute atomic E-state index is 11.3. The number of hydrogen-bond donors (Lipinski definition) is 1. The third kappa shape index (κ3) is 5.61. The van der Waals surface area contributed by atoms with E-state index in [1.54, 1.807) is 0 Å². The minimum Gasteiger partial charge on any atom is -0.486 e. The first-order chi connectivity index (χ1) is 12.7. The van der Waals surface area contributed by atoms with Crippen molar-refractivity contribution in [3.05, 3.63) is 24.3 Å². The Bertz CT molecular complexity index is 573. The first-order valence-electron chi connectivity index (χ1n) is 9.74. The quantitative estimate of drug-likeness (QED) is 0.565. The number of carbonyl (C=O) groups excluding carboxylic acids is 1. The zero-order valence-corrected chi connectivity index (χ0v) is 15.6. The number of rotatable bonds is 8. The predicted octanol–water partition coefficient (Wildman–Crippen LogP) is 2.22. The molecule has 1 saturated heterocycles. The molecule has 6 heteroatoms. The third-order valence-electron chi connectivity index (χ3n) is 4.91. The van der Waals surface area contributed by atoms with E-state index in [2.05, 4.69) is 10.2 Å². The number of nitrogens with zero attached hydrogens (tertiary/aromatic N) is 1. The lowest BCUT2D eigenvalue weighted by atomic mass is 10.0. The molecule has 0 bridgehead atoms. The second-order valence-electron chi connectivity index (χ2n) is 6.94. The zero-order chi connectivity index (χ0) is 18.2. The van der Waals surface area contributed by atoms with Crippen LogP contribution in [0.4, 0.5) is 0 Å². The number of piperidine rings is 1. The van der Waals surface area contributed by atoms with E-state index in [9.17, 15) is 4.79 Å². The van der Waals surface area contributed by atoms with E-state index in [4.69, 9.17) is 14.2 Å². The van der Waals surface area contributed by atoms with Gasteiger partial charge in [0.05, 0.1) is 6.61 Å². The summed E-state index contributed by atoms with van der Waals surface area (Å²) in [6, 6.07) is 8.40. The van der Waals surface area contributed by atoms with E-state index >= 15 is 0 Å². The molecule has 26 heavy (non-hydrogen) atoms. The molecule has 1 unspecified atom stereocenters. The first-order valence-corrected chi connectivity index (χ1v) is 9.74. The number of benzene rings is 1. The van der Waals surface area contributed by atoms with Gasteiger partial charge in [-0.25, -0.2) is 0 Å². The van der Waals surface area contributed by atoms with Crippen molar-refractivity contribution in [2.75, 3.05) is 39.4 Å². The van der Waals surface area contributed by atoms with Crippen LogP contribution in [0.1, 0.15) is 32.6 Å². The van der Waals surface area contributed by atoms with Crippen LogP contribution in [-0.4, -0.2) is 62.4 Å². The van der Waals surface area contributed by atoms with Gasteiger partial charge in [-0.15, -0.1) is 0 Å². The van der Waals surface area contributed by atoms with E-state index in [0.29, 0.717) is 25.7 Å². The average molecular weight is 362 g/mol. The van der Waals surface area contributed by atoms with E-state index in [1.165, 1.54) is 0 Å². The van der Waals surface area contributed by atoms with Crippen molar-refractivity contribution in [1.29, 1.82) is 0 Å². The van der Waals surface area contributed by atoms with Crippen LogP contribution < -0.4 is 14.8 Å². The number of esters is 1. The Morgan fingerprint density at radius 3 is 2.81 bits per heavy atom. The molecule has 0 saturated carbocycles. The SMILES string of the molecule is CCOC(=O)CCCNC1CCN(CC2COc3ccccc3O2)CC1. The van der Waals surface area contributed by atoms with Gasteiger partial charge in [0.25, 0.3) is 0 Å². The number of likely N-dealkylation sites (tertiary alicyclic amines) is 1. The summed E-state index contributed by atoms with van der Waals surface area (Å²) in [6.45, 7) is 6.83. The molecule has 6 nitrogen and oxygen atoms in total. The molecule has 2 heterocycles. The molecule has 0 aliphatic carbocycles. The molecule has 1 fully saturated rings. The Morgan fingerprint density at radius 1 is 1.27 bits per heavy atom. The van der Waals surface area contributed by atoms with E-state index in [1.807, 2.05) is 31.2 Å². The van der Waals surface area contributed by atoms with Crippen LogP contribution in [0.15, 0.2) is 24.3 Å². The zero-order valence-electron chi connectivity index (χ0n) is 15.6. The summed E-state index contributed by atoms with van der Waals surface area (Å²) in [7, 11) is 0. The van der Waals surface area contributed by atoms with Gasteiger partial charge in [-0.1, -0.05) is 12.1 Å². The Hall–Kier alpha value is -1.79. The lowest BCUT2D eigenvalue weighted by molar-refractivity contribution is -0.143. The number of fused-ring (bicyclic) bond motifs is 1. The van der Waals surface area contributed by atoms with Crippen molar-refractivity contribution < 1.29 is 19.0 Å². The number of para-hydroxylation sites is 2. The fourth-order valence-corrected chi connectivity index (χ4v) is 3.53. The number of hydrogen-bond acceptors (Lipinski definition) is 6. The molecule has 0 radical (unpaired) electrons. The van der Waals surface area contributed by atoms with Crippen molar-refractivity contribution >= 4 is 5.97 Å². The fraction of sp³-hybridized carbons (Fsp3) is 0.650. The van der Waals surface area contributed by atoms with Crippen molar-refractivity contribution in [2.45, 2.75) is 44.8 Å². The molecule has 144 valence electrons. The summed E-state index contributed by atoms with van der Waals surface area (Å²) < 4.78 is 16.8. The van der Waals surface area contributed by atoms with Crippen LogP contribution in [-0.2, 0) is 9.53 Å². The minimum absolute atomic E-state index is 0.0963. The molecular weight excluding hydrogens is 332 g/mol. The Labute approximate surface area is 155 Å². The average Bonchev–Trinajstić information content (AvgIpc) is 2.67. The topological polar surface area (TPSA) is 60.0 Å². The molecule has 2 aliphatic heterocycles. The van der Waals surface area contributed by atoms with Gasteiger partial charge in [-0.3, -0.25) is 9.69 Å². The van der Waals surface area contributed by atoms with Crippen molar-refractivity contribution in [3.63, 3.8) is 0 Å². The van der Waals surface area contributed by atoms with Gasteiger partial charge >= 0.3 is 5.97 Å². The lowest BCUT2D eigenvalue weighted by Gasteiger charge is -2.36. The molecule has 0 spiro atoms. The smallest absolute Gasteiger partial charge is 0.305 e. The van der Waals surface area contributed by atoms with Gasteiger partial charge in [0.1, 0.15) is 12.7 Å². The number of carbonyl (C=O) groups is 1. The fourth-order valence-electron chi connectivity index (χ4n) is 3.53. The molecular formula is C20H30N2O4. The van der Waals surface area contributed by atoms with E-state index < -0.39 is 0 Å². The van der Waals surface area contributed by atoms with Crippen LogP contribution in [0.2, 0.25) is 0 Å². The van der Waals surface area contributed by atoms with Gasteiger partial charge in [0.2, 0.25) is 0 Å². The highest BCUT2D eigenvalue weighted by molar-refractivity contribution is 5.69. The molecule has 1 aromatic carbocycles. The molecule has 1 aromatic rings. The highest BCUT2D eigenvalue weighted by Gasteiger charge is 2.25. The lowest BCUT2D eigenvalue weighted by Crippen LogP contribution is -2.47. The third-order valence-corrected chi connectivity index (χ3v) is 4.91. The van der Waals surface area contributed by atoms with Crippen LogP contribution in [0, 0.1) is 0 Å². The van der Waals surface area contributed by atoms with Crippen LogP contribution >= 0.6 is 0 Å². The van der Waals surface area contributed by atoms with Crippen LogP contribution in [0.5, 0.6) is 11.5 Å². The monoisotopic (exact) mass is 362 g/mol.